The van der Waals surface area contributed by atoms with Crippen molar-refractivity contribution in [1.29, 1.82) is 0 Å². The number of likely N-dealkylation sites (N-methyl/N-ethyl adjacent to an activating group) is 1. The average Bonchev–Trinajstić information content (AvgIpc) is 2.50. The molecule has 1 heterocycles. The van der Waals surface area contributed by atoms with E-state index < -0.39 is 5.91 Å². The van der Waals surface area contributed by atoms with Gasteiger partial charge in [0.1, 0.15) is 12.4 Å². The van der Waals surface area contributed by atoms with Crippen LogP contribution in [0.5, 0.6) is 5.75 Å². The van der Waals surface area contributed by atoms with E-state index in [1.807, 2.05) is 6.07 Å². The van der Waals surface area contributed by atoms with Crippen molar-refractivity contribution < 1.29 is 14.3 Å². The summed E-state index contributed by atoms with van der Waals surface area (Å²) in [5.74, 6) is 0.451. The van der Waals surface area contributed by atoms with Gasteiger partial charge < -0.3 is 20.1 Å². The fourth-order valence-electron chi connectivity index (χ4n) is 4.01. The first kappa shape index (κ1) is 15.3. The van der Waals surface area contributed by atoms with E-state index in [0.29, 0.717) is 0 Å². The first-order chi connectivity index (χ1) is 10.5. The molecule has 0 aromatic heterocycles. The minimum absolute atomic E-state index is 0.0239. The van der Waals surface area contributed by atoms with Gasteiger partial charge in [-0.1, -0.05) is 13.0 Å². The second kappa shape index (κ2) is 5.56. The van der Waals surface area contributed by atoms with Gasteiger partial charge in [-0.25, -0.2) is 0 Å². The Balaban J connectivity index is 2.02. The zero-order valence-electron chi connectivity index (χ0n) is 13.5. The van der Waals surface area contributed by atoms with E-state index in [4.69, 9.17) is 15.2 Å². The summed E-state index contributed by atoms with van der Waals surface area (Å²) in [6.45, 7) is 3.23. The number of benzene rings is 1. The maximum absolute atomic E-state index is 11.2. The number of hydrogen-bond donors (Lipinski definition) is 1. The molecule has 1 aliphatic heterocycles. The molecule has 1 fully saturated rings. The van der Waals surface area contributed by atoms with Gasteiger partial charge in [-0.3, -0.25) is 4.79 Å². The molecule has 2 N–H and O–H groups in total. The van der Waals surface area contributed by atoms with Crippen LogP contribution in [0.1, 0.15) is 24.5 Å². The quantitative estimate of drug-likeness (QED) is 0.904. The lowest BCUT2D eigenvalue weighted by Gasteiger charge is -2.54. The molecule has 0 radical (unpaired) electrons. The zero-order valence-corrected chi connectivity index (χ0v) is 13.5. The molecular formula is C17H24N2O3. The lowest BCUT2D eigenvalue weighted by molar-refractivity contribution is -0.133. The van der Waals surface area contributed by atoms with Gasteiger partial charge in [0.25, 0.3) is 0 Å². The summed E-state index contributed by atoms with van der Waals surface area (Å²) in [4.78, 5) is 13.5. The van der Waals surface area contributed by atoms with E-state index in [0.717, 1.165) is 25.1 Å². The summed E-state index contributed by atoms with van der Waals surface area (Å²) in [5, 5.41) is 0. The molecule has 1 saturated heterocycles. The SMILES string of the molecule is COc1ccc2c(c1)[C@]1(C)CCN(C)C(C2)[C@@H]1OCC(N)=O. The molecule has 3 atom stereocenters. The van der Waals surface area contributed by atoms with Crippen LogP contribution in [-0.2, 0) is 21.4 Å². The van der Waals surface area contributed by atoms with E-state index in [2.05, 4.69) is 31.0 Å². The predicted molar refractivity (Wildman–Crippen MR) is 84.0 cm³/mol. The summed E-state index contributed by atoms with van der Waals surface area (Å²) in [5.41, 5.74) is 7.79. The monoisotopic (exact) mass is 304 g/mol. The smallest absolute Gasteiger partial charge is 0.243 e. The number of nitrogens with zero attached hydrogens (tertiary/aromatic N) is 1. The Hall–Kier alpha value is -1.59. The molecule has 120 valence electrons. The lowest BCUT2D eigenvalue weighted by atomic mass is 9.63. The number of nitrogens with two attached hydrogens (primary N) is 1. The molecule has 1 aromatic rings. The topological polar surface area (TPSA) is 64.8 Å². The third-order valence-corrected chi connectivity index (χ3v) is 5.29. The molecule has 5 nitrogen and oxygen atoms in total. The third-order valence-electron chi connectivity index (χ3n) is 5.29. The van der Waals surface area contributed by atoms with E-state index in [1.165, 1.54) is 11.1 Å². The number of likely N-dealkylation sites (tertiary alicyclic amines) is 1. The van der Waals surface area contributed by atoms with Crippen molar-refractivity contribution in [3.05, 3.63) is 29.3 Å². The molecule has 2 bridgehead atoms. The van der Waals surface area contributed by atoms with Crippen molar-refractivity contribution in [2.45, 2.75) is 37.3 Å². The first-order valence-electron chi connectivity index (χ1n) is 7.73. The highest BCUT2D eigenvalue weighted by Crippen LogP contribution is 2.46. The highest BCUT2D eigenvalue weighted by molar-refractivity contribution is 5.75. The molecule has 1 aromatic carbocycles. The van der Waals surface area contributed by atoms with Gasteiger partial charge >= 0.3 is 0 Å². The molecule has 5 heteroatoms. The van der Waals surface area contributed by atoms with Crippen molar-refractivity contribution in [2.24, 2.45) is 5.73 Å². The number of rotatable bonds is 4. The molecule has 0 spiro atoms. The largest absolute Gasteiger partial charge is 0.497 e. The fourth-order valence-corrected chi connectivity index (χ4v) is 4.01. The first-order valence-corrected chi connectivity index (χ1v) is 7.73. The van der Waals surface area contributed by atoms with Crippen molar-refractivity contribution in [2.75, 3.05) is 27.3 Å². The van der Waals surface area contributed by atoms with Crippen LogP contribution in [0.25, 0.3) is 0 Å². The molecule has 1 unspecified atom stereocenters. The minimum atomic E-state index is -0.416. The highest BCUT2D eigenvalue weighted by Gasteiger charge is 2.50. The standard InChI is InChI=1S/C17H24N2O3/c1-17-6-7-19(2)14(16(17)22-10-15(18)20)8-11-4-5-12(21-3)9-13(11)17/h4-5,9,14,16H,6-8,10H2,1-3H3,(H2,18,20)/t14?,16-,17-/m0/s1. The van der Waals surface area contributed by atoms with Gasteiger partial charge in [-0.05, 0) is 49.7 Å². The van der Waals surface area contributed by atoms with Gasteiger partial charge in [0.2, 0.25) is 5.91 Å². The Morgan fingerprint density at radius 1 is 1.50 bits per heavy atom. The summed E-state index contributed by atoms with van der Waals surface area (Å²) in [6, 6.07) is 6.57. The van der Waals surface area contributed by atoms with Crippen LogP contribution in [0, 0.1) is 0 Å². The van der Waals surface area contributed by atoms with Crippen LogP contribution >= 0.6 is 0 Å². The molecule has 3 rings (SSSR count). The molecule has 1 amide bonds. The number of methoxy groups -OCH3 is 1. The third kappa shape index (κ3) is 2.38. The molecule has 22 heavy (non-hydrogen) atoms. The number of piperidine rings is 1. The summed E-state index contributed by atoms with van der Waals surface area (Å²) in [7, 11) is 3.81. The summed E-state index contributed by atoms with van der Waals surface area (Å²) < 4.78 is 11.4. The maximum Gasteiger partial charge on any atom is 0.243 e. The molecule has 1 aliphatic carbocycles. The Morgan fingerprint density at radius 2 is 2.27 bits per heavy atom. The van der Waals surface area contributed by atoms with Crippen molar-refractivity contribution in [3.8, 4) is 5.75 Å². The normalized spacial score (nSPS) is 30.7. The van der Waals surface area contributed by atoms with Gasteiger partial charge in [0.15, 0.2) is 0 Å². The number of fused-ring (bicyclic) bond motifs is 4. The van der Waals surface area contributed by atoms with Gasteiger partial charge in [0, 0.05) is 11.5 Å². The van der Waals surface area contributed by atoms with Crippen LogP contribution in [0.15, 0.2) is 18.2 Å². The van der Waals surface area contributed by atoms with Gasteiger partial charge in [-0.2, -0.15) is 0 Å². The van der Waals surface area contributed by atoms with E-state index in [9.17, 15) is 4.79 Å². The van der Waals surface area contributed by atoms with Crippen LogP contribution in [0.4, 0.5) is 0 Å². The van der Waals surface area contributed by atoms with Crippen LogP contribution in [0.3, 0.4) is 0 Å². The molecule has 0 saturated carbocycles. The molecular weight excluding hydrogens is 280 g/mol. The van der Waals surface area contributed by atoms with E-state index in [1.54, 1.807) is 7.11 Å². The minimum Gasteiger partial charge on any atom is -0.497 e. The van der Waals surface area contributed by atoms with Crippen molar-refractivity contribution >= 4 is 5.91 Å². The average molecular weight is 304 g/mol. The number of hydrogen-bond acceptors (Lipinski definition) is 4. The zero-order chi connectivity index (χ0) is 15.9. The Morgan fingerprint density at radius 3 is 2.95 bits per heavy atom. The highest BCUT2D eigenvalue weighted by atomic mass is 16.5. The van der Waals surface area contributed by atoms with Crippen molar-refractivity contribution in [3.63, 3.8) is 0 Å². The number of carbonyl (C=O) groups is 1. The second-order valence-electron chi connectivity index (χ2n) is 6.64. The number of ether oxygens (including phenoxy) is 2. The Kier molecular flexibility index (Phi) is 3.87. The summed E-state index contributed by atoms with van der Waals surface area (Å²) >= 11 is 0. The number of primary amides is 1. The predicted octanol–water partition coefficient (Wildman–Crippen LogP) is 1.08. The Labute approximate surface area is 131 Å². The molecule has 2 aliphatic rings. The summed E-state index contributed by atoms with van der Waals surface area (Å²) in [6.07, 6.45) is 1.89. The fraction of sp³-hybridized carbons (Fsp3) is 0.588. The van der Waals surface area contributed by atoms with Crippen LogP contribution < -0.4 is 10.5 Å². The van der Waals surface area contributed by atoms with E-state index >= 15 is 0 Å². The van der Waals surface area contributed by atoms with Crippen molar-refractivity contribution in [1.82, 2.24) is 4.90 Å². The van der Waals surface area contributed by atoms with Gasteiger partial charge in [-0.15, -0.1) is 0 Å². The maximum atomic E-state index is 11.2. The Bertz CT molecular complexity index is 589. The van der Waals surface area contributed by atoms with Gasteiger partial charge in [0.05, 0.1) is 13.2 Å². The lowest BCUT2D eigenvalue weighted by Crippen LogP contribution is -2.62. The number of amides is 1. The van der Waals surface area contributed by atoms with Crippen LogP contribution in [0.2, 0.25) is 0 Å². The number of carbonyl (C=O) groups excluding carboxylic acids is 1. The van der Waals surface area contributed by atoms with Crippen LogP contribution in [-0.4, -0.2) is 50.3 Å². The second-order valence-corrected chi connectivity index (χ2v) is 6.64. The van der Waals surface area contributed by atoms with E-state index in [-0.39, 0.29) is 24.2 Å².